The van der Waals surface area contributed by atoms with Crippen LogP contribution in [-0.2, 0) is 10.0 Å². The molecule has 0 aromatic carbocycles. The van der Waals surface area contributed by atoms with Crippen molar-refractivity contribution in [2.75, 3.05) is 13.1 Å². The molecule has 18 heavy (non-hydrogen) atoms. The van der Waals surface area contributed by atoms with Gasteiger partial charge in [-0.3, -0.25) is 0 Å². The summed E-state index contributed by atoms with van der Waals surface area (Å²) in [4.78, 5) is 3.98. The van der Waals surface area contributed by atoms with Crippen molar-refractivity contribution in [3.8, 4) is 0 Å². The minimum Gasteiger partial charge on any atom is -0.229 e. The van der Waals surface area contributed by atoms with Crippen LogP contribution in [0.5, 0.6) is 0 Å². The second kappa shape index (κ2) is 4.74. The van der Waals surface area contributed by atoms with Crippen molar-refractivity contribution in [1.29, 1.82) is 0 Å². The van der Waals surface area contributed by atoms with Crippen LogP contribution in [0.15, 0.2) is 4.21 Å². The molecule has 1 aliphatic heterocycles. The Hall–Kier alpha value is -0.170. The Morgan fingerprint density at radius 1 is 1.33 bits per heavy atom. The molecule has 2 rings (SSSR count). The van der Waals surface area contributed by atoms with E-state index in [1.807, 2.05) is 0 Å². The second-order valence-corrected chi connectivity index (χ2v) is 9.12. The monoisotopic (exact) mass is 308 g/mol. The zero-order chi connectivity index (χ0) is 13.6. The van der Waals surface area contributed by atoms with E-state index in [9.17, 15) is 8.42 Å². The minimum atomic E-state index is -3.42. The summed E-state index contributed by atoms with van der Waals surface area (Å²) in [6.07, 6.45) is 1.77. The highest BCUT2D eigenvalue weighted by Gasteiger charge is 2.34. The fraction of sp³-hybridized carbons (Fsp3) is 0.727. The summed E-state index contributed by atoms with van der Waals surface area (Å²) < 4.78 is 27.1. The van der Waals surface area contributed by atoms with Crippen LogP contribution < -0.4 is 0 Å². The SMILES string of the molecule is Cc1nc(Cl)sc1S(=O)(=O)N1CCC(C)(C)CC1. The molecule has 2 heterocycles. The number of thiazole rings is 1. The lowest BCUT2D eigenvalue weighted by Gasteiger charge is -2.35. The highest BCUT2D eigenvalue weighted by atomic mass is 35.5. The number of hydrogen-bond donors (Lipinski definition) is 0. The highest BCUT2D eigenvalue weighted by molar-refractivity contribution is 7.91. The number of hydrogen-bond acceptors (Lipinski definition) is 4. The van der Waals surface area contributed by atoms with Gasteiger partial charge in [-0.05, 0) is 25.2 Å². The van der Waals surface area contributed by atoms with Gasteiger partial charge in [0.1, 0.15) is 0 Å². The fourth-order valence-corrected chi connectivity index (χ4v) is 5.35. The van der Waals surface area contributed by atoms with Crippen LogP contribution >= 0.6 is 22.9 Å². The van der Waals surface area contributed by atoms with Gasteiger partial charge in [0.2, 0.25) is 0 Å². The maximum Gasteiger partial charge on any atom is 0.254 e. The van der Waals surface area contributed by atoms with Crippen LogP contribution in [0.2, 0.25) is 4.47 Å². The van der Waals surface area contributed by atoms with E-state index in [0.29, 0.717) is 18.8 Å². The van der Waals surface area contributed by atoms with E-state index >= 15 is 0 Å². The molecule has 1 aliphatic rings. The molecule has 0 saturated carbocycles. The maximum absolute atomic E-state index is 12.5. The van der Waals surface area contributed by atoms with Gasteiger partial charge in [0.15, 0.2) is 8.68 Å². The molecule has 0 atom stereocenters. The van der Waals surface area contributed by atoms with Crippen molar-refractivity contribution >= 4 is 33.0 Å². The third-order valence-corrected chi connectivity index (χ3v) is 7.13. The number of sulfonamides is 1. The summed E-state index contributed by atoms with van der Waals surface area (Å²) in [6.45, 7) is 7.18. The first-order valence-electron chi connectivity index (χ1n) is 5.85. The largest absolute Gasteiger partial charge is 0.254 e. The van der Waals surface area contributed by atoms with Crippen LogP contribution in [-0.4, -0.2) is 30.8 Å². The molecule has 1 aromatic heterocycles. The van der Waals surface area contributed by atoms with Crippen molar-refractivity contribution in [3.63, 3.8) is 0 Å². The summed E-state index contributed by atoms with van der Waals surface area (Å²) in [7, 11) is -3.42. The predicted octanol–water partition coefficient (Wildman–Crippen LogP) is 2.92. The molecule has 0 bridgehead atoms. The van der Waals surface area contributed by atoms with Crippen molar-refractivity contribution in [3.05, 3.63) is 10.2 Å². The van der Waals surface area contributed by atoms with Gasteiger partial charge in [-0.25, -0.2) is 13.4 Å². The van der Waals surface area contributed by atoms with Crippen molar-refractivity contribution < 1.29 is 8.42 Å². The van der Waals surface area contributed by atoms with Gasteiger partial charge in [0.25, 0.3) is 10.0 Å². The van der Waals surface area contributed by atoms with E-state index in [1.165, 1.54) is 0 Å². The molecular formula is C11H17ClN2O2S2. The van der Waals surface area contributed by atoms with Crippen LogP contribution in [0.1, 0.15) is 32.4 Å². The standard InChI is InChI=1S/C11H17ClN2O2S2/c1-8-9(17-10(12)13-8)18(15,16)14-6-4-11(2,3)5-7-14/h4-7H2,1-3H3. The average molecular weight is 309 g/mol. The third-order valence-electron chi connectivity index (χ3n) is 3.38. The van der Waals surface area contributed by atoms with E-state index in [-0.39, 0.29) is 14.1 Å². The molecule has 0 radical (unpaired) electrons. The summed E-state index contributed by atoms with van der Waals surface area (Å²) in [5.41, 5.74) is 0.724. The van der Waals surface area contributed by atoms with Crippen molar-refractivity contribution in [2.24, 2.45) is 5.41 Å². The number of aromatic nitrogens is 1. The molecular weight excluding hydrogens is 292 g/mol. The summed E-state index contributed by atoms with van der Waals surface area (Å²) in [5.74, 6) is 0. The second-order valence-electron chi connectivity index (χ2n) is 5.41. The van der Waals surface area contributed by atoms with Gasteiger partial charge in [-0.15, -0.1) is 0 Å². The van der Waals surface area contributed by atoms with Gasteiger partial charge in [0, 0.05) is 13.1 Å². The summed E-state index contributed by atoms with van der Waals surface area (Å²) in [5, 5.41) is 0. The van der Waals surface area contributed by atoms with E-state index in [1.54, 1.807) is 11.2 Å². The zero-order valence-electron chi connectivity index (χ0n) is 10.7. The molecule has 0 amide bonds. The molecule has 102 valence electrons. The summed E-state index contributed by atoms with van der Waals surface area (Å²) in [6, 6.07) is 0. The normalized spacial score (nSPS) is 21.1. The first-order valence-corrected chi connectivity index (χ1v) is 8.49. The summed E-state index contributed by atoms with van der Waals surface area (Å²) >= 11 is 6.82. The van der Waals surface area contributed by atoms with Gasteiger partial charge in [-0.1, -0.05) is 36.8 Å². The van der Waals surface area contributed by atoms with Crippen LogP contribution in [0.25, 0.3) is 0 Å². The van der Waals surface area contributed by atoms with E-state index in [2.05, 4.69) is 18.8 Å². The maximum atomic E-state index is 12.5. The highest BCUT2D eigenvalue weighted by Crippen LogP contribution is 2.35. The van der Waals surface area contributed by atoms with Crippen LogP contribution in [0, 0.1) is 12.3 Å². The zero-order valence-corrected chi connectivity index (χ0v) is 13.1. The Kier molecular flexibility index (Phi) is 3.75. The fourth-order valence-electron chi connectivity index (χ4n) is 2.04. The van der Waals surface area contributed by atoms with Crippen molar-refractivity contribution in [2.45, 2.75) is 37.8 Å². The molecule has 1 fully saturated rings. The lowest BCUT2D eigenvalue weighted by Crippen LogP contribution is -2.40. The number of piperidine rings is 1. The van der Waals surface area contributed by atoms with Gasteiger partial charge >= 0.3 is 0 Å². The predicted molar refractivity (Wildman–Crippen MR) is 73.6 cm³/mol. The Balaban J connectivity index is 2.25. The van der Waals surface area contributed by atoms with Crippen LogP contribution in [0.3, 0.4) is 0 Å². The number of rotatable bonds is 2. The van der Waals surface area contributed by atoms with Gasteiger partial charge in [0.05, 0.1) is 5.69 Å². The lowest BCUT2D eigenvalue weighted by atomic mass is 9.83. The van der Waals surface area contributed by atoms with E-state index in [4.69, 9.17) is 11.6 Å². The Morgan fingerprint density at radius 3 is 2.33 bits per heavy atom. The lowest BCUT2D eigenvalue weighted by molar-refractivity contribution is 0.196. The first-order chi connectivity index (χ1) is 8.22. The van der Waals surface area contributed by atoms with E-state index < -0.39 is 10.0 Å². The molecule has 4 nitrogen and oxygen atoms in total. The van der Waals surface area contributed by atoms with Gasteiger partial charge in [-0.2, -0.15) is 4.31 Å². The van der Waals surface area contributed by atoms with Crippen LogP contribution in [0.4, 0.5) is 0 Å². The van der Waals surface area contributed by atoms with Crippen molar-refractivity contribution in [1.82, 2.24) is 9.29 Å². The molecule has 7 heteroatoms. The Morgan fingerprint density at radius 2 is 1.89 bits per heavy atom. The third kappa shape index (κ3) is 2.71. The molecule has 0 aliphatic carbocycles. The molecule has 0 N–H and O–H groups in total. The average Bonchev–Trinajstić information content (AvgIpc) is 2.58. The molecule has 1 saturated heterocycles. The Bertz CT molecular complexity index is 541. The van der Waals surface area contributed by atoms with E-state index in [0.717, 1.165) is 24.2 Å². The number of aryl methyl sites for hydroxylation is 1. The first kappa shape index (κ1) is 14.2. The quantitative estimate of drug-likeness (QED) is 0.844. The topological polar surface area (TPSA) is 50.3 Å². The number of halogens is 1. The Labute approximate surface area is 117 Å². The number of nitrogens with zero attached hydrogens (tertiary/aromatic N) is 2. The molecule has 1 aromatic rings. The molecule has 0 spiro atoms. The van der Waals surface area contributed by atoms with Gasteiger partial charge < -0.3 is 0 Å². The minimum absolute atomic E-state index is 0.229. The molecule has 0 unspecified atom stereocenters. The smallest absolute Gasteiger partial charge is 0.229 e.